The first-order chi connectivity index (χ1) is 10.5. The molecule has 0 fully saturated rings. The van der Waals surface area contributed by atoms with E-state index < -0.39 is 11.9 Å². The van der Waals surface area contributed by atoms with Gasteiger partial charge in [0.15, 0.2) is 0 Å². The van der Waals surface area contributed by atoms with Crippen LogP contribution < -0.4 is 10.6 Å². The van der Waals surface area contributed by atoms with Crippen molar-refractivity contribution in [2.75, 3.05) is 13.1 Å². The minimum atomic E-state index is -1.01. The predicted octanol–water partition coefficient (Wildman–Crippen LogP) is 1.47. The first kappa shape index (κ1) is 17.5. The molecule has 0 saturated carbocycles. The largest absolute Gasteiger partial charge is 0.481 e. The highest BCUT2D eigenvalue weighted by Gasteiger charge is 2.08. The van der Waals surface area contributed by atoms with Crippen molar-refractivity contribution < 1.29 is 14.7 Å². The Bertz CT molecular complexity index is 608. The Kier molecular flexibility index (Phi) is 7.51. The third kappa shape index (κ3) is 6.29. The Morgan fingerprint density at radius 2 is 2.05 bits per heavy atom. The van der Waals surface area contributed by atoms with E-state index in [2.05, 4.69) is 10.6 Å². The van der Waals surface area contributed by atoms with Crippen molar-refractivity contribution >= 4 is 23.5 Å². The number of nitriles is 1. The molecule has 0 unspecified atom stereocenters. The van der Waals surface area contributed by atoms with E-state index in [-0.39, 0.29) is 18.5 Å². The van der Waals surface area contributed by atoms with E-state index in [0.717, 1.165) is 5.56 Å². The number of benzene rings is 1. The average Bonchev–Trinajstić information content (AvgIpc) is 2.48. The molecule has 0 aliphatic heterocycles. The van der Waals surface area contributed by atoms with Gasteiger partial charge in [0.25, 0.3) is 5.91 Å². The molecule has 0 saturated heterocycles. The molecule has 3 N–H and O–H groups in total. The van der Waals surface area contributed by atoms with Gasteiger partial charge in [-0.25, -0.2) is 0 Å². The Morgan fingerprint density at radius 1 is 1.32 bits per heavy atom. The van der Waals surface area contributed by atoms with Gasteiger partial charge in [-0.05, 0) is 18.1 Å². The number of amides is 1. The summed E-state index contributed by atoms with van der Waals surface area (Å²) in [5, 5.41) is 23.3. The number of aliphatic carboxylic acids is 1. The minimum absolute atomic E-state index is 0.0210. The van der Waals surface area contributed by atoms with Gasteiger partial charge in [-0.1, -0.05) is 29.8 Å². The highest BCUT2D eigenvalue weighted by molar-refractivity contribution is 6.31. The molecule has 1 aromatic carbocycles. The smallest absolute Gasteiger partial charge is 0.305 e. The number of hydrogen-bond donors (Lipinski definition) is 3. The van der Waals surface area contributed by atoms with Crippen molar-refractivity contribution in [3.63, 3.8) is 0 Å². The van der Waals surface area contributed by atoms with Crippen LogP contribution in [0.15, 0.2) is 36.0 Å². The zero-order valence-electron chi connectivity index (χ0n) is 11.8. The Hall–Kier alpha value is -2.52. The maximum absolute atomic E-state index is 11.6. The predicted molar refractivity (Wildman–Crippen MR) is 82.1 cm³/mol. The Morgan fingerprint density at radius 3 is 2.68 bits per heavy atom. The lowest BCUT2D eigenvalue weighted by Gasteiger charge is -2.05. The van der Waals surface area contributed by atoms with Gasteiger partial charge in [0, 0.05) is 24.3 Å². The van der Waals surface area contributed by atoms with Crippen LogP contribution >= 0.6 is 11.6 Å². The van der Waals surface area contributed by atoms with Crippen molar-refractivity contribution in [2.45, 2.75) is 12.8 Å². The van der Waals surface area contributed by atoms with Crippen LogP contribution in [0.1, 0.15) is 12.0 Å². The Labute approximate surface area is 133 Å². The van der Waals surface area contributed by atoms with Gasteiger partial charge >= 0.3 is 5.97 Å². The molecule has 0 aromatic heterocycles. The van der Waals surface area contributed by atoms with E-state index in [1.165, 1.54) is 6.20 Å². The second kappa shape index (κ2) is 9.42. The number of carboxylic acids is 1. The number of halogens is 1. The molecular formula is C15H16ClN3O3. The molecule has 0 spiro atoms. The first-order valence-corrected chi connectivity index (χ1v) is 6.99. The summed E-state index contributed by atoms with van der Waals surface area (Å²) in [4.78, 5) is 22.0. The van der Waals surface area contributed by atoms with Gasteiger partial charge in [0.1, 0.15) is 11.6 Å². The van der Waals surface area contributed by atoms with Crippen LogP contribution in [0, 0.1) is 11.3 Å². The monoisotopic (exact) mass is 321 g/mol. The highest BCUT2D eigenvalue weighted by atomic mass is 35.5. The van der Waals surface area contributed by atoms with E-state index in [0.29, 0.717) is 18.0 Å². The normalized spacial score (nSPS) is 10.6. The van der Waals surface area contributed by atoms with E-state index >= 15 is 0 Å². The van der Waals surface area contributed by atoms with Crippen LogP contribution in [0.5, 0.6) is 0 Å². The number of nitrogens with one attached hydrogen (secondary N) is 2. The van der Waals surface area contributed by atoms with E-state index in [4.69, 9.17) is 22.0 Å². The van der Waals surface area contributed by atoms with Gasteiger partial charge < -0.3 is 15.7 Å². The van der Waals surface area contributed by atoms with Crippen LogP contribution in [-0.2, 0) is 16.0 Å². The minimum Gasteiger partial charge on any atom is -0.481 e. The number of carbonyl (C=O) groups is 2. The van der Waals surface area contributed by atoms with Crippen molar-refractivity contribution in [3.05, 3.63) is 46.6 Å². The number of carbonyl (C=O) groups excluding carboxylic acids is 1. The maximum Gasteiger partial charge on any atom is 0.305 e. The van der Waals surface area contributed by atoms with Gasteiger partial charge in [-0.2, -0.15) is 5.26 Å². The fraction of sp³-hybridized carbons (Fsp3) is 0.267. The fourth-order valence-electron chi connectivity index (χ4n) is 1.61. The molecule has 0 aliphatic rings. The third-order valence-corrected chi connectivity index (χ3v) is 3.10. The SMILES string of the molecule is N#C/C(=C/NCCc1ccccc1Cl)C(=O)NCCC(=O)O. The summed E-state index contributed by atoms with van der Waals surface area (Å²) in [5.74, 6) is -1.62. The number of carboxylic acid groups (broad SMARTS) is 1. The molecule has 116 valence electrons. The second-order valence-corrected chi connectivity index (χ2v) is 4.77. The van der Waals surface area contributed by atoms with E-state index in [1.807, 2.05) is 18.2 Å². The first-order valence-electron chi connectivity index (χ1n) is 6.61. The molecule has 6 nitrogen and oxygen atoms in total. The van der Waals surface area contributed by atoms with E-state index in [1.54, 1.807) is 12.1 Å². The maximum atomic E-state index is 11.6. The summed E-state index contributed by atoms with van der Waals surface area (Å²) in [7, 11) is 0. The van der Waals surface area contributed by atoms with Gasteiger partial charge in [0.05, 0.1) is 6.42 Å². The third-order valence-electron chi connectivity index (χ3n) is 2.73. The zero-order valence-corrected chi connectivity index (χ0v) is 12.6. The molecule has 22 heavy (non-hydrogen) atoms. The molecular weight excluding hydrogens is 306 g/mol. The quantitative estimate of drug-likeness (QED) is 0.382. The summed E-state index contributed by atoms with van der Waals surface area (Å²) in [5.41, 5.74) is 0.860. The molecule has 0 atom stereocenters. The summed E-state index contributed by atoms with van der Waals surface area (Å²) in [6.45, 7) is 0.490. The summed E-state index contributed by atoms with van der Waals surface area (Å²) >= 11 is 6.02. The van der Waals surface area contributed by atoms with Crippen LogP contribution in [-0.4, -0.2) is 30.1 Å². The van der Waals surface area contributed by atoms with Crippen molar-refractivity contribution in [3.8, 4) is 6.07 Å². The number of nitrogens with zero attached hydrogens (tertiary/aromatic N) is 1. The van der Waals surface area contributed by atoms with Crippen molar-refractivity contribution in [1.82, 2.24) is 10.6 Å². The lowest BCUT2D eigenvalue weighted by atomic mass is 10.1. The topological polar surface area (TPSA) is 102 Å². The van der Waals surface area contributed by atoms with Crippen LogP contribution in [0.3, 0.4) is 0 Å². The molecule has 0 radical (unpaired) electrons. The van der Waals surface area contributed by atoms with E-state index in [9.17, 15) is 9.59 Å². The standard InChI is InChI=1S/C15H16ClN3O3/c16-13-4-2-1-3-11(13)5-7-18-10-12(9-17)15(22)19-8-6-14(20)21/h1-4,10,18H,5-8H2,(H,19,22)(H,20,21)/b12-10-. The molecule has 1 amide bonds. The molecule has 1 aromatic rings. The average molecular weight is 322 g/mol. The lowest BCUT2D eigenvalue weighted by Crippen LogP contribution is -2.28. The Balaban J connectivity index is 2.42. The van der Waals surface area contributed by atoms with Crippen LogP contribution in [0.4, 0.5) is 0 Å². The van der Waals surface area contributed by atoms with Crippen molar-refractivity contribution in [1.29, 1.82) is 5.26 Å². The summed E-state index contributed by atoms with van der Waals surface area (Å²) < 4.78 is 0. The molecule has 0 heterocycles. The zero-order chi connectivity index (χ0) is 16.4. The molecule has 1 rings (SSSR count). The van der Waals surface area contributed by atoms with Gasteiger partial charge in [-0.15, -0.1) is 0 Å². The molecule has 0 aliphatic carbocycles. The van der Waals surface area contributed by atoms with Crippen LogP contribution in [0.25, 0.3) is 0 Å². The van der Waals surface area contributed by atoms with Crippen LogP contribution in [0.2, 0.25) is 5.02 Å². The lowest BCUT2D eigenvalue weighted by molar-refractivity contribution is -0.136. The molecule has 7 heteroatoms. The van der Waals surface area contributed by atoms with Crippen molar-refractivity contribution in [2.24, 2.45) is 0 Å². The highest BCUT2D eigenvalue weighted by Crippen LogP contribution is 2.14. The molecule has 0 bridgehead atoms. The summed E-state index contributed by atoms with van der Waals surface area (Å²) in [6.07, 6.45) is 1.77. The summed E-state index contributed by atoms with van der Waals surface area (Å²) in [6, 6.07) is 9.18. The number of rotatable bonds is 8. The fourth-order valence-corrected chi connectivity index (χ4v) is 1.84. The second-order valence-electron chi connectivity index (χ2n) is 4.36. The van der Waals surface area contributed by atoms with Gasteiger partial charge in [-0.3, -0.25) is 9.59 Å². The van der Waals surface area contributed by atoms with Gasteiger partial charge in [0.2, 0.25) is 0 Å². The number of hydrogen-bond acceptors (Lipinski definition) is 4.